The van der Waals surface area contributed by atoms with Gasteiger partial charge in [0.1, 0.15) is 5.82 Å². The monoisotopic (exact) mass is 259 g/mol. The summed E-state index contributed by atoms with van der Waals surface area (Å²) in [6.45, 7) is 3.78. The highest BCUT2D eigenvalue weighted by molar-refractivity contribution is 5.50. The summed E-state index contributed by atoms with van der Waals surface area (Å²) >= 11 is 0. The first-order chi connectivity index (χ1) is 8.32. The maximum atomic E-state index is 12.6. The number of nitrogen functional groups attached to an aromatic ring is 1. The first kappa shape index (κ1) is 12.6. The van der Waals surface area contributed by atoms with E-state index in [1.807, 2.05) is 13.8 Å². The fourth-order valence-electron chi connectivity index (χ4n) is 1.52. The summed E-state index contributed by atoms with van der Waals surface area (Å²) in [5.74, 6) is 5.34. The van der Waals surface area contributed by atoms with Crippen LogP contribution in [0.2, 0.25) is 0 Å². The number of rotatable bonds is 2. The summed E-state index contributed by atoms with van der Waals surface area (Å²) in [6, 6.07) is 2.34. The molecule has 0 saturated heterocycles. The van der Waals surface area contributed by atoms with Gasteiger partial charge in [-0.15, -0.1) is 0 Å². The zero-order chi connectivity index (χ0) is 13.5. The fraction of sp³-hybridized carbons (Fsp3) is 0.400. The van der Waals surface area contributed by atoms with Gasteiger partial charge in [0.05, 0.1) is 5.69 Å². The van der Waals surface area contributed by atoms with E-state index in [1.54, 1.807) is 0 Å². The van der Waals surface area contributed by atoms with Crippen molar-refractivity contribution in [3.8, 4) is 0 Å². The lowest BCUT2D eigenvalue weighted by atomic mass is 10.1. The Bertz CT molecular complexity index is 573. The zero-order valence-electron chi connectivity index (χ0n) is 9.78. The van der Waals surface area contributed by atoms with E-state index < -0.39 is 11.9 Å². The number of nitrogens with two attached hydrogens (primary N) is 1. The van der Waals surface area contributed by atoms with Crippen LogP contribution in [0.15, 0.2) is 12.1 Å². The van der Waals surface area contributed by atoms with Crippen molar-refractivity contribution >= 4 is 11.5 Å². The molecular formula is C10H12F3N5. The Morgan fingerprint density at radius 1 is 1.33 bits per heavy atom. The van der Waals surface area contributed by atoms with E-state index in [0.29, 0.717) is 5.69 Å². The van der Waals surface area contributed by atoms with Crippen molar-refractivity contribution in [3.63, 3.8) is 0 Å². The van der Waals surface area contributed by atoms with Crippen molar-refractivity contribution in [2.24, 2.45) is 5.84 Å². The first-order valence-corrected chi connectivity index (χ1v) is 5.27. The maximum Gasteiger partial charge on any atom is 0.433 e. The minimum absolute atomic E-state index is 0.0409. The zero-order valence-corrected chi connectivity index (χ0v) is 9.78. The number of nitrogens with zero attached hydrogens (tertiary/aromatic N) is 3. The molecule has 0 saturated carbocycles. The van der Waals surface area contributed by atoms with E-state index in [2.05, 4.69) is 15.5 Å². The Morgan fingerprint density at radius 3 is 2.50 bits per heavy atom. The van der Waals surface area contributed by atoms with Gasteiger partial charge >= 0.3 is 6.18 Å². The number of fused-ring (bicyclic) bond motifs is 1. The average Bonchev–Trinajstić information content (AvgIpc) is 2.70. The lowest BCUT2D eigenvalue weighted by molar-refractivity contribution is -0.141. The highest BCUT2D eigenvalue weighted by atomic mass is 19.4. The Morgan fingerprint density at radius 2 is 2.00 bits per heavy atom. The third kappa shape index (κ3) is 2.10. The molecule has 0 aliphatic carbocycles. The predicted octanol–water partition coefficient (Wildman–Crippen LogP) is 2.16. The molecule has 0 unspecified atom stereocenters. The van der Waals surface area contributed by atoms with Gasteiger partial charge < -0.3 is 5.43 Å². The van der Waals surface area contributed by atoms with Crippen LogP contribution in [-0.4, -0.2) is 14.6 Å². The van der Waals surface area contributed by atoms with Gasteiger partial charge in [-0.1, -0.05) is 13.8 Å². The lowest BCUT2D eigenvalue weighted by Gasteiger charge is -2.09. The van der Waals surface area contributed by atoms with Crippen LogP contribution in [0.5, 0.6) is 0 Å². The SMILES string of the molecule is CC(C)c1cc2nc(C(F)(F)F)cc(NN)n2n1. The maximum absolute atomic E-state index is 12.6. The van der Waals surface area contributed by atoms with Crippen molar-refractivity contribution in [2.45, 2.75) is 25.9 Å². The summed E-state index contributed by atoms with van der Waals surface area (Å²) in [7, 11) is 0. The van der Waals surface area contributed by atoms with E-state index in [9.17, 15) is 13.2 Å². The molecule has 0 radical (unpaired) electrons. The lowest BCUT2D eigenvalue weighted by Crippen LogP contribution is -2.16. The number of hydrazine groups is 1. The molecule has 2 rings (SSSR count). The quantitative estimate of drug-likeness (QED) is 0.640. The van der Waals surface area contributed by atoms with Gasteiger partial charge in [-0.2, -0.15) is 22.8 Å². The second-order valence-corrected chi connectivity index (χ2v) is 4.16. The smallest absolute Gasteiger partial charge is 0.308 e. The molecule has 0 spiro atoms. The van der Waals surface area contributed by atoms with Crippen LogP contribution in [0.25, 0.3) is 5.65 Å². The fourth-order valence-corrected chi connectivity index (χ4v) is 1.52. The normalized spacial score (nSPS) is 12.4. The third-order valence-corrected chi connectivity index (χ3v) is 2.48. The van der Waals surface area contributed by atoms with Crippen LogP contribution in [0.4, 0.5) is 19.0 Å². The van der Waals surface area contributed by atoms with Gasteiger partial charge in [-0.3, -0.25) is 0 Å². The Labute approximate surface area is 101 Å². The van der Waals surface area contributed by atoms with Gasteiger partial charge in [0.25, 0.3) is 0 Å². The van der Waals surface area contributed by atoms with Crippen LogP contribution in [-0.2, 0) is 6.18 Å². The molecule has 8 heteroatoms. The van der Waals surface area contributed by atoms with Gasteiger partial charge in [0.2, 0.25) is 0 Å². The standard InChI is InChI=1S/C10H12F3N5/c1-5(2)6-3-8-15-7(10(11,12)13)4-9(16-14)18(8)17-6/h3-5,16H,14H2,1-2H3. The average molecular weight is 259 g/mol. The van der Waals surface area contributed by atoms with Crippen LogP contribution in [0.1, 0.15) is 31.2 Å². The topological polar surface area (TPSA) is 68.2 Å². The van der Waals surface area contributed by atoms with Crippen LogP contribution < -0.4 is 11.3 Å². The number of nitrogens with one attached hydrogen (secondary N) is 1. The molecule has 98 valence electrons. The van der Waals surface area contributed by atoms with Crippen molar-refractivity contribution in [2.75, 3.05) is 5.43 Å². The van der Waals surface area contributed by atoms with Crippen molar-refractivity contribution < 1.29 is 13.2 Å². The summed E-state index contributed by atoms with van der Waals surface area (Å²) in [5, 5.41) is 4.15. The molecule has 2 heterocycles. The summed E-state index contributed by atoms with van der Waals surface area (Å²) < 4.78 is 39.2. The van der Waals surface area contributed by atoms with E-state index in [1.165, 1.54) is 10.6 Å². The minimum Gasteiger partial charge on any atom is -0.308 e. The Balaban J connectivity index is 2.68. The number of halogens is 3. The van der Waals surface area contributed by atoms with Crippen LogP contribution in [0.3, 0.4) is 0 Å². The van der Waals surface area contributed by atoms with Gasteiger partial charge in [-0.25, -0.2) is 10.8 Å². The van der Waals surface area contributed by atoms with Crippen molar-refractivity contribution in [1.82, 2.24) is 14.6 Å². The molecule has 0 fully saturated rings. The molecular weight excluding hydrogens is 247 g/mol. The predicted molar refractivity (Wildman–Crippen MR) is 59.9 cm³/mol. The van der Waals surface area contributed by atoms with Gasteiger partial charge in [-0.05, 0) is 5.92 Å². The molecule has 0 bridgehead atoms. The van der Waals surface area contributed by atoms with E-state index >= 15 is 0 Å². The molecule has 18 heavy (non-hydrogen) atoms. The molecule has 5 nitrogen and oxygen atoms in total. The number of anilines is 1. The summed E-state index contributed by atoms with van der Waals surface area (Å²) in [4.78, 5) is 3.54. The highest BCUT2D eigenvalue weighted by Crippen LogP contribution is 2.30. The molecule has 2 aromatic rings. The first-order valence-electron chi connectivity index (χ1n) is 5.27. The number of alkyl halides is 3. The van der Waals surface area contributed by atoms with Crippen molar-refractivity contribution in [1.29, 1.82) is 0 Å². The molecule has 0 aliphatic rings. The number of aromatic nitrogens is 3. The van der Waals surface area contributed by atoms with Crippen LogP contribution in [0, 0.1) is 0 Å². The molecule has 0 amide bonds. The summed E-state index contributed by atoms with van der Waals surface area (Å²) in [6.07, 6.45) is -4.52. The molecule has 0 atom stereocenters. The molecule has 0 aromatic carbocycles. The third-order valence-electron chi connectivity index (χ3n) is 2.48. The van der Waals surface area contributed by atoms with E-state index in [0.717, 1.165) is 6.07 Å². The largest absolute Gasteiger partial charge is 0.433 e. The second kappa shape index (κ2) is 4.13. The number of hydrogen-bond donors (Lipinski definition) is 2. The minimum atomic E-state index is -4.52. The Kier molecular flexibility index (Phi) is 2.89. The Hall–Kier alpha value is -1.83. The number of hydrogen-bond acceptors (Lipinski definition) is 4. The van der Waals surface area contributed by atoms with E-state index in [-0.39, 0.29) is 17.4 Å². The van der Waals surface area contributed by atoms with Crippen LogP contribution >= 0.6 is 0 Å². The molecule has 0 aliphatic heterocycles. The highest BCUT2D eigenvalue weighted by Gasteiger charge is 2.33. The van der Waals surface area contributed by atoms with E-state index in [4.69, 9.17) is 5.84 Å². The van der Waals surface area contributed by atoms with Gasteiger partial charge in [0.15, 0.2) is 11.3 Å². The molecule has 2 aromatic heterocycles. The van der Waals surface area contributed by atoms with Crippen molar-refractivity contribution in [3.05, 3.63) is 23.5 Å². The summed E-state index contributed by atoms with van der Waals surface area (Å²) in [5.41, 5.74) is 1.96. The van der Waals surface area contributed by atoms with Gasteiger partial charge in [0, 0.05) is 12.1 Å². The second-order valence-electron chi connectivity index (χ2n) is 4.16. The molecule has 3 N–H and O–H groups in total.